The van der Waals surface area contributed by atoms with Crippen LogP contribution in [0.5, 0.6) is 5.75 Å². The molecule has 24 heavy (non-hydrogen) atoms. The van der Waals surface area contributed by atoms with Crippen LogP contribution in [0.3, 0.4) is 0 Å². The van der Waals surface area contributed by atoms with E-state index in [9.17, 15) is 8.42 Å². The van der Waals surface area contributed by atoms with E-state index in [1.165, 1.54) is 19.2 Å². The summed E-state index contributed by atoms with van der Waals surface area (Å²) in [6, 6.07) is 9.69. The molecule has 1 aromatic heterocycles. The van der Waals surface area contributed by atoms with E-state index in [1.54, 1.807) is 24.4 Å². The molecule has 8 heteroatoms. The second-order valence-corrected chi connectivity index (χ2v) is 6.96. The molecular weight excluding hydrogens is 330 g/mol. The third-order valence-corrected chi connectivity index (χ3v) is 5.10. The Hall–Kier alpha value is -2.32. The van der Waals surface area contributed by atoms with Gasteiger partial charge in [0.1, 0.15) is 11.6 Å². The van der Waals surface area contributed by atoms with Crippen LogP contribution < -0.4 is 14.4 Å². The molecule has 1 N–H and O–H groups in total. The lowest BCUT2D eigenvalue weighted by molar-refractivity contribution is 0.122. The highest BCUT2D eigenvalue weighted by atomic mass is 32.2. The Bertz CT molecular complexity index is 770. The zero-order valence-electron chi connectivity index (χ0n) is 13.3. The van der Waals surface area contributed by atoms with Crippen LogP contribution in [-0.4, -0.2) is 46.8 Å². The summed E-state index contributed by atoms with van der Waals surface area (Å²) in [7, 11) is -2.15. The molecular formula is C16H19N3O4S. The monoisotopic (exact) mass is 349 g/mol. The molecule has 1 aromatic carbocycles. The van der Waals surface area contributed by atoms with Crippen LogP contribution in [0, 0.1) is 0 Å². The minimum Gasteiger partial charge on any atom is -0.497 e. The average Bonchev–Trinajstić information content (AvgIpc) is 2.63. The number of sulfonamides is 1. The summed E-state index contributed by atoms with van der Waals surface area (Å²) in [5, 5.41) is 0. The van der Waals surface area contributed by atoms with Gasteiger partial charge in [0.2, 0.25) is 0 Å². The number of ether oxygens (including phenoxy) is 2. The van der Waals surface area contributed by atoms with E-state index in [0.29, 0.717) is 19.0 Å². The van der Waals surface area contributed by atoms with Gasteiger partial charge >= 0.3 is 0 Å². The molecule has 1 saturated heterocycles. The van der Waals surface area contributed by atoms with Crippen molar-refractivity contribution in [3.63, 3.8) is 0 Å². The number of hydrogen-bond donors (Lipinski definition) is 1. The third-order valence-electron chi connectivity index (χ3n) is 3.73. The van der Waals surface area contributed by atoms with Gasteiger partial charge < -0.3 is 14.4 Å². The van der Waals surface area contributed by atoms with Crippen molar-refractivity contribution in [2.24, 2.45) is 0 Å². The van der Waals surface area contributed by atoms with Gasteiger partial charge in [0.05, 0.1) is 37.1 Å². The van der Waals surface area contributed by atoms with E-state index >= 15 is 0 Å². The number of pyridine rings is 1. The lowest BCUT2D eigenvalue weighted by Gasteiger charge is -2.28. The molecule has 0 atom stereocenters. The molecule has 1 aliphatic heterocycles. The topological polar surface area (TPSA) is 80.8 Å². The number of morpholine rings is 1. The molecule has 0 amide bonds. The summed E-state index contributed by atoms with van der Waals surface area (Å²) in [6.45, 7) is 2.98. The first-order valence-electron chi connectivity index (χ1n) is 7.54. The maximum absolute atomic E-state index is 12.4. The molecule has 2 aromatic rings. The molecule has 128 valence electrons. The molecule has 0 unspecified atom stereocenters. The number of rotatable bonds is 5. The second-order valence-electron chi connectivity index (χ2n) is 5.28. The Labute approximate surface area is 141 Å². The van der Waals surface area contributed by atoms with Crippen LogP contribution in [-0.2, 0) is 14.8 Å². The fraction of sp³-hybridized carbons (Fsp3) is 0.312. The van der Waals surface area contributed by atoms with Crippen molar-refractivity contribution < 1.29 is 17.9 Å². The summed E-state index contributed by atoms with van der Waals surface area (Å²) < 4.78 is 37.6. The average molecular weight is 349 g/mol. The van der Waals surface area contributed by atoms with Crippen LogP contribution in [0.1, 0.15) is 0 Å². The molecule has 3 rings (SSSR count). The van der Waals surface area contributed by atoms with Gasteiger partial charge in [0.15, 0.2) is 0 Å². The van der Waals surface area contributed by atoms with Gasteiger partial charge in [-0.1, -0.05) is 0 Å². The Morgan fingerprint density at radius 3 is 2.42 bits per heavy atom. The smallest absolute Gasteiger partial charge is 0.263 e. The van der Waals surface area contributed by atoms with Crippen LogP contribution in [0.4, 0.5) is 11.5 Å². The van der Waals surface area contributed by atoms with Gasteiger partial charge in [-0.2, -0.15) is 0 Å². The molecule has 0 aliphatic carbocycles. The Kier molecular flexibility index (Phi) is 4.86. The van der Waals surface area contributed by atoms with E-state index in [0.717, 1.165) is 18.8 Å². The number of nitrogens with zero attached hydrogens (tertiary/aromatic N) is 2. The highest BCUT2D eigenvalue weighted by Gasteiger charge is 2.16. The molecule has 1 fully saturated rings. The van der Waals surface area contributed by atoms with Crippen LogP contribution in [0.2, 0.25) is 0 Å². The van der Waals surface area contributed by atoms with Crippen molar-refractivity contribution in [2.75, 3.05) is 43.0 Å². The van der Waals surface area contributed by atoms with Gasteiger partial charge in [-0.3, -0.25) is 4.72 Å². The maximum Gasteiger partial charge on any atom is 0.263 e. The number of hydrogen-bond acceptors (Lipinski definition) is 6. The van der Waals surface area contributed by atoms with Crippen LogP contribution in [0.15, 0.2) is 47.5 Å². The Balaban J connectivity index is 1.72. The summed E-state index contributed by atoms with van der Waals surface area (Å²) in [5.74, 6) is 0.879. The SMILES string of the molecule is COc1ccc(S(=O)(=O)Nc2ccc(N3CCOCC3)cn2)cc1. The quantitative estimate of drug-likeness (QED) is 0.885. The minimum atomic E-state index is -3.68. The van der Waals surface area contributed by atoms with Gasteiger partial charge in [0.25, 0.3) is 10.0 Å². The number of anilines is 2. The second kappa shape index (κ2) is 7.06. The number of benzene rings is 1. The predicted octanol–water partition coefficient (Wildman–Crippen LogP) is 1.73. The normalized spacial score (nSPS) is 15.1. The zero-order valence-corrected chi connectivity index (χ0v) is 14.1. The van der Waals surface area contributed by atoms with Crippen LogP contribution >= 0.6 is 0 Å². The molecule has 7 nitrogen and oxygen atoms in total. The van der Waals surface area contributed by atoms with Crippen molar-refractivity contribution in [1.29, 1.82) is 0 Å². The lowest BCUT2D eigenvalue weighted by Crippen LogP contribution is -2.36. The summed E-state index contributed by atoms with van der Waals surface area (Å²) in [6.07, 6.45) is 1.66. The van der Waals surface area contributed by atoms with Crippen molar-refractivity contribution in [3.05, 3.63) is 42.6 Å². The highest BCUT2D eigenvalue weighted by Crippen LogP contribution is 2.20. The van der Waals surface area contributed by atoms with E-state index in [-0.39, 0.29) is 10.7 Å². The van der Waals surface area contributed by atoms with Gasteiger partial charge in [-0.25, -0.2) is 13.4 Å². The first-order chi connectivity index (χ1) is 11.6. The molecule has 0 radical (unpaired) electrons. The summed E-state index contributed by atoms with van der Waals surface area (Å²) in [4.78, 5) is 6.51. The fourth-order valence-corrected chi connectivity index (χ4v) is 3.41. The molecule has 0 bridgehead atoms. The van der Waals surface area contributed by atoms with E-state index < -0.39 is 10.0 Å². The standard InChI is InChI=1S/C16H19N3O4S/c1-22-14-3-5-15(6-4-14)24(20,21)18-16-7-2-13(12-17-16)19-8-10-23-11-9-19/h2-7,12H,8-11H2,1H3,(H,17,18). The number of nitrogens with one attached hydrogen (secondary N) is 1. The predicted molar refractivity (Wildman–Crippen MR) is 91.1 cm³/mol. The molecule has 2 heterocycles. The Morgan fingerprint density at radius 2 is 1.83 bits per heavy atom. The zero-order chi connectivity index (χ0) is 17.0. The summed E-state index contributed by atoms with van der Waals surface area (Å²) in [5.41, 5.74) is 0.950. The van der Waals surface area contributed by atoms with Crippen molar-refractivity contribution in [1.82, 2.24) is 4.98 Å². The van der Waals surface area contributed by atoms with Crippen molar-refractivity contribution in [3.8, 4) is 5.75 Å². The van der Waals surface area contributed by atoms with Gasteiger partial charge in [-0.15, -0.1) is 0 Å². The number of aromatic nitrogens is 1. The van der Waals surface area contributed by atoms with E-state index in [2.05, 4.69) is 14.6 Å². The van der Waals surface area contributed by atoms with Gasteiger partial charge in [-0.05, 0) is 36.4 Å². The maximum atomic E-state index is 12.4. The summed E-state index contributed by atoms with van der Waals surface area (Å²) >= 11 is 0. The minimum absolute atomic E-state index is 0.155. The Morgan fingerprint density at radius 1 is 1.12 bits per heavy atom. The largest absolute Gasteiger partial charge is 0.497 e. The van der Waals surface area contributed by atoms with Crippen molar-refractivity contribution in [2.45, 2.75) is 4.90 Å². The number of methoxy groups -OCH3 is 1. The van der Waals surface area contributed by atoms with Crippen LogP contribution in [0.25, 0.3) is 0 Å². The third kappa shape index (κ3) is 3.77. The molecule has 1 aliphatic rings. The molecule has 0 spiro atoms. The fourth-order valence-electron chi connectivity index (χ4n) is 2.41. The van der Waals surface area contributed by atoms with E-state index in [4.69, 9.17) is 9.47 Å². The first kappa shape index (κ1) is 16.5. The lowest BCUT2D eigenvalue weighted by atomic mass is 10.3. The molecule has 0 saturated carbocycles. The van der Waals surface area contributed by atoms with Gasteiger partial charge in [0, 0.05) is 13.1 Å². The highest BCUT2D eigenvalue weighted by molar-refractivity contribution is 7.92. The first-order valence-corrected chi connectivity index (χ1v) is 9.02. The van der Waals surface area contributed by atoms with E-state index in [1.807, 2.05) is 6.07 Å². The van der Waals surface area contributed by atoms with Crippen molar-refractivity contribution >= 4 is 21.5 Å².